The van der Waals surface area contributed by atoms with E-state index in [1.807, 2.05) is 0 Å². The highest BCUT2D eigenvalue weighted by molar-refractivity contribution is 6.30. The maximum atomic E-state index is 6.16. The lowest BCUT2D eigenvalue weighted by molar-refractivity contribution is 0.617. The lowest BCUT2D eigenvalue weighted by Crippen LogP contribution is -2.09. The number of hydrogen-bond donors (Lipinski definition) is 2. The third kappa shape index (κ3) is 7.55. The van der Waals surface area contributed by atoms with Crippen molar-refractivity contribution in [2.24, 2.45) is 0 Å². The highest BCUT2D eigenvalue weighted by Crippen LogP contribution is 2.27. The highest BCUT2D eigenvalue weighted by atomic mass is 35.5. The average Bonchev–Trinajstić information content (AvgIpc) is 2.67. The van der Waals surface area contributed by atoms with Crippen molar-refractivity contribution < 1.29 is 0 Å². The first-order chi connectivity index (χ1) is 13.7. The fraction of sp³-hybridized carbons (Fsp3) is 0.700. The zero-order valence-electron chi connectivity index (χ0n) is 17.0. The second-order valence-corrected chi connectivity index (χ2v) is 7.74. The topological polar surface area (TPSA) is 75.6 Å². The minimum atomic E-state index is 0.178. The van der Waals surface area contributed by atoms with Gasteiger partial charge in [0.1, 0.15) is 11.0 Å². The van der Waals surface area contributed by atoms with Crippen molar-refractivity contribution in [3.05, 3.63) is 10.6 Å². The summed E-state index contributed by atoms with van der Waals surface area (Å²) in [5, 5.41) is 7.03. The van der Waals surface area contributed by atoms with Gasteiger partial charge in [-0.3, -0.25) is 0 Å². The van der Waals surface area contributed by atoms with Crippen molar-refractivity contribution in [3.8, 4) is 0 Å². The van der Waals surface area contributed by atoms with Crippen LogP contribution < -0.4 is 10.6 Å². The van der Waals surface area contributed by atoms with Crippen LogP contribution in [-0.4, -0.2) is 33.0 Å². The molecule has 6 nitrogen and oxygen atoms in total. The van der Waals surface area contributed by atoms with Crippen LogP contribution >= 0.6 is 23.2 Å². The van der Waals surface area contributed by atoms with Gasteiger partial charge in [-0.15, -0.1) is 0 Å². The summed E-state index contributed by atoms with van der Waals surface area (Å²) in [5.41, 5.74) is 1.21. The normalized spacial score (nSPS) is 11.1. The zero-order chi connectivity index (χ0) is 20.2. The fourth-order valence-corrected chi connectivity index (χ4v) is 3.42. The Hall–Kier alpha value is -1.40. The summed E-state index contributed by atoms with van der Waals surface area (Å²) in [6.45, 7) is 6.05. The number of rotatable bonds is 14. The maximum Gasteiger partial charge on any atom is 0.225 e. The summed E-state index contributed by atoms with van der Waals surface area (Å²) in [6.07, 6.45) is 12.1. The van der Waals surface area contributed by atoms with Crippen LogP contribution in [0.3, 0.4) is 0 Å². The van der Waals surface area contributed by atoms with Gasteiger partial charge in [0.2, 0.25) is 10.6 Å². The number of nitrogens with one attached hydrogen (secondary N) is 2. The Morgan fingerprint density at radius 2 is 0.964 bits per heavy atom. The van der Waals surface area contributed by atoms with Crippen molar-refractivity contribution in [1.82, 2.24) is 19.9 Å². The SMILES string of the molecule is CCCCCCCCNc1nc(Cl)nc2c(NCCCCCC)nc(Cl)nc12. The molecule has 0 radical (unpaired) electrons. The van der Waals surface area contributed by atoms with Crippen LogP contribution in [-0.2, 0) is 0 Å². The number of halogens is 2. The van der Waals surface area contributed by atoms with Gasteiger partial charge < -0.3 is 10.6 Å². The molecule has 2 N–H and O–H groups in total. The van der Waals surface area contributed by atoms with Crippen LogP contribution in [0.15, 0.2) is 0 Å². The molecule has 0 aliphatic rings. The Labute approximate surface area is 178 Å². The first kappa shape index (κ1) is 22.9. The Morgan fingerprint density at radius 1 is 0.571 bits per heavy atom. The minimum Gasteiger partial charge on any atom is -0.368 e. The number of anilines is 2. The molecular weight excluding hydrogens is 395 g/mol. The van der Waals surface area contributed by atoms with E-state index in [0.29, 0.717) is 22.7 Å². The second-order valence-electron chi connectivity index (χ2n) is 7.06. The van der Waals surface area contributed by atoms with Gasteiger partial charge in [-0.1, -0.05) is 65.2 Å². The lowest BCUT2D eigenvalue weighted by atomic mass is 10.1. The Kier molecular flexibility index (Phi) is 10.6. The molecule has 0 saturated carbocycles. The highest BCUT2D eigenvalue weighted by Gasteiger charge is 2.14. The van der Waals surface area contributed by atoms with Crippen molar-refractivity contribution in [1.29, 1.82) is 0 Å². The van der Waals surface area contributed by atoms with Gasteiger partial charge in [0.15, 0.2) is 11.6 Å². The van der Waals surface area contributed by atoms with Crippen molar-refractivity contribution in [2.45, 2.75) is 78.1 Å². The van der Waals surface area contributed by atoms with E-state index in [1.54, 1.807) is 0 Å². The summed E-state index contributed by atoms with van der Waals surface area (Å²) in [7, 11) is 0. The quantitative estimate of drug-likeness (QED) is 0.265. The second kappa shape index (κ2) is 12.9. The van der Waals surface area contributed by atoms with Crippen LogP contribution in [0.1, 0.15) is 78.1 Å². The predicted octanol–water partition coefficient (Wildman–Crippen LogP) is 6.49. The smallest absolute Gasteiger partial charge is 0.225 e. The fourth-order valence-electron chi connectivity index (χ4n) is 3.08. The van der Waals surface area contributed by atoms with Crippen molar-refractivity contribution in [3.63, 3.8) is 0 Å². The third-order valence-corrected chi connectivity index (χ3v) is 4.97. The van der Waals surface area contributed by atoms with Gasteiger partial charge in [0.05, 0.1) is 0 Å². The molecule has 0 atom stereocenters. The van der Waals surface area contributed by atoms with Crippen LogP contribution in [0.4, 0.5) is 11.6 Å². The number of aromatic nitrogens is 4. The molecular formula is C20H32Cl2N6. The van der Waals surface area contributed by atoms with Gasteiger partial charge in [-0.2, -0.15) is 9.97 Å². The summed E-state index contributed by atoms with van der Waals surface area (Å²) in [5.74, 6) is 1.22. The summed E-state index contributed by atoms with van der Waals surface area (Å²) in [4.78, 5) is 17.3. The molecule has 2 heterocycles. The average molecular weight is 427 g/mol. The molecule has 0 aromatic carbocycles. The number of nitrogens with zero attached hydrogens (tertiary/aromatic N) is 4. The summed E-state index contributed by atoms with van der Waals surface area (Å²) < 4.78 is 0. The molecule has 28 heavy (non-hydrogen) atoms. The van der Waals surface area contributed by atoms with Crippen LogP contribution in [0.25, 0.3) is 11.0 Å². The van der Waals surface area contributed by atoms with Crippen LogP contribution in [0, 0.1) is 0 Å². The number of unbranched alkanes of at least 4 members (excludes halogenated alkanes) is 8. The van der Waals surface area contributed by atoms with Gasteiger partial charge in [0.25, 0.3) is 0 Å². The van der Waals surface area contributed by atoms with E-state index >= 15 is 0 Å². The molecule has 0 aliphatic heterocycles. The molecule has 2 aromatic rings. The Morgan fingerprint density at radius 3 is 1.43 bits per heavy atom. The van der Waals surface area contributed by atoms with E-state index in [2.05, 4.69) is 44.4 Å². The summed E-state index contributed by atoms with van der Waals surface area (Å²) >= 11 is 12.3. The van der Waals surface area contributed by atoms with E-state index in [9.17, 15) is 0 Å². The van der Waals surface area contributed by atoms with E-state index in [4.69, 9.17) is 23.2 Å². The molecule has 8 heteroatoms. The Balaban J connectivity index is 2.03. The molecule has 0 aliphatic carbocycles. The molecule has 0 unspecified atom stereocenters. The summed E-state index contributed by atoms with van der Waals surface area (Å²) in [6, 6.07) is 0. The Bertz CT molecular complexity index is 725. The van der Waals surface area contributed by atoms with Crippen LogP contribution in [0.2, 0.25) is 10.6 Å². The van der Waals surface area contributed by atoms with Gasteiger partial charge in [0, 0.05) is 13.1 Å². The van der Waals surface area contributed by atoms with E-state index in [0.717, 1.165) is 25.9 Å². The molecule has 156 valence electrons. The lowest BCUT2D eigenvalue weighted by Gasteiger charge is -2.12. The van der Waals surface area contributed by atoms with Crippen molar-refractivity contribution in [2.75, 3.05) is 23.7 Å². The molecule has 0 saturated heterocycles. The monoisotopic (exact) mass is 426 g/mol. The largest absolute Gasteiger partial charge is 0.368 e. The molecule has 2 aromatic heterocycles. The van der Waals surface area contributed by atoms with E-state index < -0.39 is 0 Å². The van der Waals surface area contributed by atoms with Gasteiger partial charge in [-0.25, -0.2) is 9.97 Å². The van der Waals surface area contributed by atoms with E-state index in [1.165, 1.54) is 51.4 Å². The van der Waals surface area contributed by atoms with Gasteiger partial charge >= 0.3 is 0 Å². The maximum absolute atomic E-state index is 6.16. The zero-order valence-corrected chi connectivity index (χ0v) is 18.5. The third-order valence-electron chi connectivity index (χ3n) is 4.63. The number of fused-ring (bicyclic) bond motifs is 1. The molecule has 0 amide bonds. The van der Waals surface area contributed by atoms with Crippen LogP contribution in [0.5, 0.6) is 0 Å². The standard InChI is InChI=1S/C20H32Cl2N6/c1-3-5-7-9-10-12-14-24-18-16-15(25-20(22)28-18)17(27-19(21)26-16)23-13-11-8-6-4-2/h3-14H2,1-2H3,(H,23,26,27)(H,24,25,28). The first-order valence-electron chi connectivity index (χ1n) is 10.5. The molecule has 2 rings (SSSR count). The van der Waals surface area contributed by atoms with Gasteiger partial charge in [-0.05, 0) is 36.0 Å². The van der Waals surface area contributed by atoms with Crippen molar-refractivity contribution >= 4 is 45.9 Å². The number of hydrogen-bond acceptors (Lipinski definition) is 6. The predicted molar refractivity (Wildman–Crippen MR) is 120 cm³/mol. The minimum absolute atomic E-state index is 0.178. The molecule has 0 fully saturated rings. The first-order valence-corrected chi connectivity index (χ1v) is 11.3. The molecule has 0 bridgehead atoms. The van der Waals surface area contributed by atoms with E-state index in [-0.39, 0.29) is 10.6 Å². The molecule has 0 spiro atoms.